The topological polar surface area (TPSA) is 78.3 Å². The molecule has 0 saturated heterocycles. The fraction of sp³-hybridized carbons (Fsp3) is 0.591. The van der Waals surface area contributed by atoms with Crippen LogP contribution in [0.15, 0.2) is 22.8 Å². The molecule has 30 heavy (non-hydrogen) atoms. The van der Waals surface area contributed by atoms with Crippen LogP contribution in [0.25, 0.3) is 0 Å². The molecule has 0 atom stereocenters. The van der Waals surface area contributed by atoms with Crippen LogP contribution in [0.4, 0.5) is 11.8 Å². The molecule has 2 aromatic heterocycles. The van der Waals surface area contributed by atoms with E-state index in [1.54, 1.807) is 6.26 Å². The molecule has 0 unspecified atom stereocenters. The minimum Gasteiger partial charge on any atom is -0.467 e. The minimum atomic E-state index is 0.404. The van der Waals surface area contributed by atoms with Gasteiger partial charge in [0.2, 0.25) is 5.95 Å². The van der Waals surface area contributed by atoms with Gasteiger partial charge in [-0.15, -0.1) is 0 Å². The Morgan fingerprint density at radius 3 is 2.63 bits per heavy atom. The molecule has 0 aliphatic heterocycles. The standard InChI is InChI=1S/C22H32N6OS/c1-28(2)20-18-7-3-4-8-19(18)26-21(27-20)24-15-9-11-16(12-10-15)25-22(30)23-14-17-6-5-13-29-17/h5-6,13,15-16H,3-4,7-12,14H2,1-2H3,(H2,23,25,30)(H,24,26,27)/t15-,16+. The molecule has 2 aromatic rings. The molecule has 0 radical (unpaired) electrons. The van der Waals surface area contributed by atoms with Gasteiger partial charge in [-0.2, -0.15) is 4.98 Å². The molecule has 0 spiro atoms. The summed E-state index contributed by atoms with van der Waals surface area (Å²) in [6.07, 6.45) is 10.6. The van der Waals surface area contributed by atoms with Crippen LogP contribution in [0.3, 0.4) is 0 Å². The summed E-state index contributed by atoms with van der Waals surface area (Å²) >= 11 is 5.43. The Kier molecular flexibility index (Phi) is 6.72. The highest BCUT2D eigenvalue weighted by molar-refractivity contribution is 7.80. The number of aryl methyl sites for hydroxylation is 1. The van der Waals surface area contributed by atoms with Crippen LogP contribution in [0.1, 0.15) is 55.5 Å². The first-order valence-electron chi connectivity index (χ1n) is 11.0. The Labute approximate surface area is 184 Å². The maximum absolute atomic E-state index is 5.43. The fourth-order valence-electron chi connectivity index (χ4n) is 4.39. The Morgan fingerprint density at radius 2 is 1.90 bits per heavy atom. The van der Waals surface area contributed by atoms with E-state index in [2.05, 4.69) is 34.9 Å². The average Bonchev–Trinajstić information content (AvgIpc) is 3.27. The molecular weight excluding hydrogens is 396 g/mol. The van der Waals surface area contributed by atoms with E-state index in [1.807, 2.05) is 12.1 Å². The molecular formula is C22H32N6OS. The predicted molar refractivity (Wildman–Crippen MR) is 124 cm³/mol. The molecule has 162 valence electrons. The SMILES string of the molecule is CN(C)c1nc(N[C@H]2CC[C@@H](NC(=S)NCc3ccco3)CC2)nc2c1CCCC2. The highest BCUT2D eigenvalue weighted by Gasteiger charge is 2.24. The summed E-state index contributed by atoms with van der Waals surface area (Å²) < 4.78 is 5.33. The van der Waals surface area contributed by atoms with E-state index in [0.717, 1.165) is 56.1 Å². The van der Waals surface area contributed by atoms with E-state index in [0.29, 0.717) is 23.7 Å². The van der Waals surface area contributed by atoms with Gasteiger partial charge < -0.3 is 25.3 Å². The van der Waals surface area contributed by atoms with Gasteiger partial charge in [-0.25, -0.2) is 4.98 Å². The van der Waals surface area contributed by atoms with Gasteiger partial charge in [0.1, 0.15) is 11.6 Å². The lowest BCUT2D eigenvalue weighted by Gasteiger charge is -2.31. The van der Waals surface area contributed by atoms with Crippen molar-refractivity contribution in [1.29, 1.82) is 0 Å². The first-order chi connectivity index (χ1) is 14.6. The molecule has 8 heteroatoms. The normalized spacial score (nSPS) is 20.9. The number of thiocarbonyl (C=S) groups is 1. The van der Waals surface area contributed by atoms with E-state index < -0.39 is 0 Å². The molecule has 4 rings (SSSR count). The average molecular weight is 429 g/mol. The van der Waals surface area contributed by atoms with Crippen LogP contribution in [0.2, 0.25) is 0 Å². The summed E-state index contributed by atoms with van der Waals surface area (Å²) in [7, 11) is 4.14. The van der Waals surface area contributed by atoms with Crippen molar-refractivity contribution < 1.29 is 4.42 Å². The number of nitrogens with one attached hydrogen (secondary N) is 3. The van der Waals surface area contributed by atoms with Crippen molar-refractivity contribution in [3.05, 3.63) is 35.4 Å². The first kappa shape index (κ1) is 20.9. The third-order valence-electron chi connectivity index (χ3n) is 5.98. The van der Waals surface area contributed by atoms with Gasteiger partial charge in [-0.3, -0.25) is 0 Å². The molecule has 3 N–H and O–H groups in total. The Morgan fingerprint density at radius 1 is 1.13 bits per heavy atom. The lowest BCUT2D eigenvalue weighted by molar-refractivity contribution is 0.384. The van der Waals surface area contributed by atoms with Gasteiger partial charge in [0.25, 0.3) is 0 Å². The minimum absolute atomic E-state index is 0.404. The maximum atomic E-state index is 5.43. The van der Waals surface area contributed by atoms with Crippen molar-refractivity contribution in [2.45, 2.75) is 70.0 Å². The van der Waals surface area contributed by atoms with Gasteiger partial charge in [0.15, 0.2) is 5.11 Å². The molecule has 0 amide bonds. The van der Waals surface area contributed by atoms with Crippen molar-refractivity contribution in [1.82, 2.24) is 20.6 Å². The second-order valence-corrected chi connectivity index (χ2v) is 8.91. The van der Waals surface area contributed by atoms with Gasteiger partial charge >= 0.3 is 0 Å². The number of anilines is 2. The van der Waals surface area contributed by atoms with Crippen molar-refractivity contribution in [2.75, 3.05) is 24.3 Å². The number of fused-ring (bicyclic) bond motifs is 1. The van der Waals surface area contributed by atoms with Crippen LogP contribution in [0.5, 0.6) is 0 Å². The van der Waals surface area contributed by atoms with Crippen LogP contribution in [-0.4, -0.2) is 41.3 Å². The third-order valence-corrected chi connectivity index (χ3v) is 6.25. The number of hydrogen-bond acceptors (Lipinski definition) is 6. The highest BCUT2D eigenvalue weighted by Crippen LogP contribution is 2.29. The lowest BCUT2D eigenvalue weighted by atomic mass is 9.91. The number of furan rings is 1. The first-order valence-corrected chi connectivity index (χ1v) is 11.4. The van der Waals surface area contributed by atoms with Crippen molar-refractivity contribution in [2.24, 2.45) is 0 Å². The number of nitrogens with zero attached hydrogens (tertiary/aromatic N) is 3. The number of rotatable bonds is 6. The molecule has 7 nitrogen and oxygen atoms in total. The number of aromatic nitrogens is 2. The summed E-state index contributed by atoms with van der Waals surface area (Å²) in [5.41, 5.74) is 2.56. The van der Waals surface area contributed by atoms with E-state index in [1.165, 1.54) is 24.1 Å². The maximum Gasteiger partial charge on any atom is 0.225 e. The second-order valence-electron chi connectivity index (χ2n) is 8.50. The zero-order chi connectivity index (χ0) is 20.9. The van der Waals surface area contributed by atoms with Crippen LogP contribution in [-0.2, 0) is 19.4 Å². The lowest BCUT2D eigenvalue weighted by Crippen LogP contribution is -2.44. The number of hydrogen-bond donors (Lipinski definition) is 3. The fourth-order valence-corrected chi connectivity index (χ4v) is 4.63. The quantitative estimate of drug-likeness (QED) is 0.604. The largest absolute Gasteiger partial charge is 0.467 e. The summed E-state index contributed by atoms with van der Waals surface area (Å²) in [6, 6.07) is 4.64. The smallest absolute Gasteiger partial charge is 0.225 e. The molecule has 2 heterocycles. The van der Waals surface area contributed by atoms with Gasteiger partial charge in [-0.1, -0.05) is 0 Å². The summed E-state index contributed by atoms with van der Waals surface area (Å²) in [5.74, 6) is 2.74. The third kappa shape index (κ3) is 5.22. The van der Waals surface area contributed by atoms with Crippen molar-refractivity contribution in [3.8, 4) is 0 Å². The Balaban J connectivity index is 1.27. The summed E-state index contributed by atoms with van der Waals surface area (Å²) in [4.78, 5) is 11.8. The second kappa shape index (κ2) is 9.64. The zero-order valence-corrected chi connectivity index (χ0v) is 18.7. The van der Waals surface area contributed by atoms with Crippen LogP contribution < -0.4 is 20.9 Å². The molecule has 0 aromatic carbocycles. The predicted octanol–water partition coefficient (Wildman–Crippen LogP) is 3.40. The molecule has 2 aliphatic carbocycles. The van der Waals surface area contributed by atoms with Crippen molar-refractivity contribution in [3.63, 3.8) is 0 Å². The Hall–Kier alpha value is -2.35. The van der Waals surface area contributed by atoms with Gasteiger partial charge in [0.05, 0.1) is 18.5 Å². The molecule has 1 fully saturated rings. The van der Waals surface area contributed by atoms with Gasteiger partial charge in [-0.05, 0) is 75.7 Å². The van der Waals surface area contributed by atoms with E-state index in [-0.39, 0.29) is 0 Å². The highest BCUT2D eigenvalue weighted by atomic mass is 32.1. The molecule has 0 bridgehead atoms. The monoisotopic (exact) mass is 428 g/mol. The van der Waals surface area contributed by atoms with E-state index >= 15 is 0 Å². The van der Waals surface area contributed by atoms with Crippen molar-refractivity contribution >= 4 is 29.1 Å². The van der Waals surface area contributed by atoms with Crippen LogP contribution >= 0.6 is 12.2 Å². The zero-order valence-electron chi connectivity index (χ0n) is 17.9. The summed E-state index contributed by atoms with van der Waals surface area (Å²) in [5, 5.41) is 11.0. The summed E-state index contributed by atoms with van der Waals surface area (Å²) in [6.45, 7) is 0.611. The Bertz CT molecular complexity index is 846. The van der Waals surface area contributed by atoms with Crippen LogP contribution in [0, 0.1) is 0 Å². The molecule has 1 saturated carbocycles. The molecule has 2 aliphatic rings. The van der Waals surface area contributed by atoms with Gasteiger partial charge in [0, 0.05) is 31.7 Å². The van der Waals surface area contributed by atoms with E-state index in [4.69, 9.17) is 26.6 Å². The van der Waals surface area contributed by atoms with E-state index in [9.17, 15) is 0 Å².